The highest BCUT2D eigenvalue weighted by molar-refractivity contribution is 7.99. The fourth-order valence-electron chi connectivity index (χ4n) is 6.97. The molecule has 0 fully saturated rings. The zero-order valence-electron chi connectivity index (χ0n) is 50.1. The zero-order valence-corrected chi connectivity index (χ0v) is 54.2. The maximum atomic E-state index is 12.7. The highest BCUT2D eigenvalue weighted by atomic mass is 32.2. The van der Waals surface area contributed by atoms with Gasteiger partial charge in [0, 0.05) is 47.2 Å². The normalized spacial score (nSPS) is 9.46. The maximum Gasteiger partial charge on any atom is 0.134 e. The van der Waals surface area contributed by atoms with Crippen LogP contribution in [0.3, 0.4) is 0 Å². The molecular weight excluding hydrogens is 1090 g/mol. The van der Waals surface area contributed by atoms with E-state index in [1.165, 1.54) is 96.5 Å². The number of furan rings is 3. The largest absolute Gasteiger partial charge is 0.464 e. The van der Waals surface area contributed by atoms with E-state index in [4.69, 9.17) is 13.3 Å². The molecular formula is C70H88F2O3S5. The second-order valence-electron chi connectivity index (χ2n) is 15.8. The third-order valence-electron chi connectivity index (χ3n) is 10.4. The van der Waals surface area contributed by atoms with Gasteiger partial charge in [-0.1, -0.05) is 161 Å². The van der Waals surface area contributed by atoms with Crippen LogP contribution >= 0.6 is 58.0 Å². The molecule has 0 amide bonds. The number of thioether (sulfide) groups is 3. The van der Waals surface area contributed by atoms with Crippen LogP contribution in [0.5, 0.6) is 0 Å². The van der Waals surface area contributed by atoms with Crippen molar-refractivity contribution in [1.29, 1.82) is 0 Å². The van der Waals surface area contributed by atoms with Crippen LogP contribution < -0.4 is 0 Å². The van der Waals surface area contributed by atoms with Crippen LogP contribution in [0.1, 0.15) is 113 Å². The Kier molecular flexibility index (Phi) is 41.5. The van der Waals surface area contributed by atoms with Crippen LogP contribution in [0.2, 0.25) is 0 Å². The van der Waals surface area contributed by atoms with Gasteiger partial charge in [-0.25, -0.2) is 8.78 Å². The van der Waals surface area contributed by atoms with Crippen molar-refractivity contribution in [1.82, 2.24) is 0 Å². The lowest BCUT2D eigenvalue weighted by Gasteiger charge is -2.03. The molecule has 0 saturated carbocycles. The van der Waals surface area contributed by atoms with Crippen molar-refractivity contribution in [2.75, 3.05) is 18.3 Å². The predicted molar refractivity (Wildman–Crippen MR) is 357 cm³/mol. The average Bonchev–Trinajstić information content (AvgIpc) is 4.39. The number of unbranched alkanes of at least 4 members (excludes halogenated alkanes) is 3. The van der Waals surface area contributed by atoms with Gasteiger partial charge in [-0.2, -0.15) is 0 Å². The van der Waals surface area contributed by atoms with Gasteiger partial charge < -0.3 is 13.3 Å². The van der Waals surface area contributed by atoms with Gasteiger partial charge in [-0.05, 0) is 170 Å². The summed E-state index contributed by atoms with van der Waals surface area (Å²) in [6.45, 7) is 26.5. The standard InChI is InChI=1S/C16H20S2.C12H12O.C11H10OS.C11H10S2.C10H6F2O.5C2H6/c1-2-3-4-5-12-17-15-10-8-14(9-11-15)16-7-6-13-18-16;1-9-6-10(2)8-11(7-9)12-4-3-5-13-12;1-13-10-6-4-9(5-7-10)11-3-2-8-12-11;1-12-10-6-4-9(5-7-10)11-3-2-8-13-11;11-8-4-7(5-9(12)6-8)10-2-1-3-13-10;5*1-2/h6-11,13H,2-5,12H2,1H3;3-8H,1-2H3;2*2-8H,1H3;1-6H;5*1-2H3. The number of halogens is 2. The number of rotatable bonds is 13. The molecule has 430 valence electrons. The van der Waals surface area contributed by atoms with Crippen molar-refractivity contribution in [3.63, 3.8) is 0 Å². The van der Waals surface area contributed by atoms with Gasteiger partial charge in [0.25, 0.3) is 0 Å². The number of benzene rings is 5. The molecule has 3 nitrogen and oxygen atoms in total. The molecule has 0 N–H and O–H groups in total. The molecule has 5 aromatic carbocycles. The summed E-state index contributed by atoms with van der Waals surface area (Å²) in [6.07, 6.45) is 14.4. The molecule has 0 unspecified atom stereocenters. The monoisotopic (exact) mass is 1170 g/mol. The Morgan fingerprint density at radius 3 is 1.11 bits per heavy atom. The summed E-state index contributed by atoms with van der Waals surface area (Å²) in [5, 5.41) is 4.24. The number of aryl methyl sites for hydroxylation is 2. The molecule has 10 heteroatoms. The van der Waals surface area contributed by atoms with E-state index in [1.54, 1.807) is 70.9 Å². The van der Waals surface area contributed by atoms with Gasteiger partial charge in [0.1, 0.15) is 28.9 Å². The Morgan fingerprint density at radius 1 is 0.388 bits per heavy atom. The molecule has 80 heavy (non-hydrogen) atoms. The number of hydrogen-bond acceptors (Lipinski definition) is 8. The first-order valence-corrected chi connectivity index (χ1v) is 33.2. The Balaban J connectivity index is 0.000000483. The highest BCUT2D eigenvalue weighted by Crippen LogP contribution is 2.30. The predicted octanol–water partition coefficient (Wildman–Crippen LogP) is 25.8. The first kappa shape index (κ1) is 72.3. The van der Waals surface area contributed by atoms with Crippen molar-refractivity contribution < 1.29 is 22.0 Å². The summed E-state index contributed by atoms with van der Waals surface area (Å²) < 4.78 is 41.1. The maximum absolute atomic E-state index is 12.7. The quantitative estimate of drug-likeness (QED) is 0.0846. The summed E-state index contributed by atoms with van der Waals surface area (Å²) in [4.78, 5) is 6.68. The van der Waals surface area contributed by atoms with E-state index >= 15 is 0 Å². The van der Waals surface area contributed by atoms with E-state index in [0.29, 0.717) is 11.3 Å². The number of thiophene rings is 2. The van der Waals surface area contributed by atoms with Crippen LogP contribution in [0, 0.1) is 25.5 Å². The molecule has 0 aliphatic heterocycles. The molecule has 0 bridgehead atoms. The van der Waals surface area contributed by atoms with Gasteiger partial charge >= 0.3 is 0 Å². The third-order valence-corrected chi connectivity index (χ3v) is 14.8. The van der Waals surface area contributed by atoms with Crippen molar-refractivity contribution in [2.45, 2.75) is 130 Å². The fourth-order valence-corrected chi connectivity index (χ4v) is 10.2. The van der Waals surface area contributed by atoms with Crippen molar-refractivity contribution in [3.8, 4) is 54.9 Å². The van der Waals surface area contributed by atoms with Crippen LogP contribution in [-0.2, 0) is 0 Å². The summed E-state index contributed by atoms with van der Waals surface area (Å²) in [5.74, 6) is 2.36. The lowest BCUT2D eigenvalue weighted by Crippen LogP contribution is -1.81. The van der Waals surface area contributed by atoms with Crippen molar-refractivity contribution in [3.05, 3.63) is 222 Å². The van der Waals surface area contributed by atoms with Crippen LogP contribution in [-0.4, -0.2) is 18.3 Å². The first-order valence-electron chi connectivity index (χ1n) is 28.0. The average molecular weight is 1180 g/mol. The van der Waals surface area contributed by atoms with Crippen molar-refractivity contribution in [2.24, 2.45) is 0 Å². The van der Waals surface area contributed by atoms with E-state index in [-0.39, 0.29) is 0 Å². The van der Waals surface area contributed by atoms with Gasteiger partial charge in [-0.15, -0.1) is 58.0 Å². The topological polar surface area (TPSA) is 39.4 Å². The van der Waals surface area contributed by atoms with Crippen LogP contribution in [0.4, 0.5) is 8.78 Å². The lowest BCUT2D eigenvalue weighted by atomic mass is 10.1. The summed E-state index contributed by atoms with van der Waals surface area (Å²) in [6, 6.07) is 55.3. The van der Waals surface area contributed by atoms with E-state index in [9.17, 15) is 8.78 Å². The van der Waals surface area contributed by atoms with Crippen LogP contribution in [0.25, 0.3) is 54.9 Å². The second-order valence-corrected chi connectivity index (χ2v) is 20.6. The Morgan fingerprint density at radius 2 is 0.762 bits per heavy atom. The van der Waals surface area contributed by atoms with Gasteiger partial charge in [0.2, 0.25) is 0 Å². The molecule has 10 aromatic rings. The van der Waals surface area contributed by atoms with Crippen molar-refractivity contribution >= 4 is 58.0 Å². The van der Waals surface area contributed by atoms with Gasteiger partial charge in [-0.3, -0.25) is 0 Å². The molecule has 0 spiro atoms. The summed E-state index contributed by atoms with van der Waals surface area (Å²) in [7, 11) is 0. The molecule has 10 rings (SSSR count). The molecule has 0 saturated heterocycles. The van der Waals surface area contributed by atoms with E-state index in [2.05, 4.69) is 159 Å². The number of hydrogen-bond donors (Lipinski definition) is 0. The molecule has 0 aliphatic rings. The van der Waals surface area contributed by atoms with Crippen LogP contribution in [0.15, 0.2) is 227 Å². The van der Waals surface area contributed by atoms with Gasteiger partial charge in [0.05, 0.1) is 18.8 Å². The third kappa shape index (κ3) is 28.1. The minimum atomic E-state index is -0.605. The second kappa shape index (κ2) is 45.9. The summed E-state index contributed by atoms with van der Waals surface area (Å²) >= 11 is 9.09. The Labute approximate surface area is 502 Å². The zero-order chi connectivity index (χ0) is 59.3. The minimum Gasteiger partial charge on any atom is -0.464 e. The molecule has 0 aliphatic carbocycles. The van der Waals surface area contributed by atoms with Gasteiger partial charge in [0.15, 0.2) is 0 Å². The molecule has 5 heterocycles. The molecule has 0 radical (unpaired) electrons. The molecule has 0 atom stereocenters. The summed E-state index contributed by atoms with van der Waals surface area (Å²) in [5.41, 5.74) is 7.87. The fraction of sp³-hybridized carbons (Fsp3) is 0.286. The molecule has 5 aromatic heterocycles. The SMILES string of the molecule is CC.CC.CC.CC.CC.CCCCCCSc1ccc(-c2cccs2)cc1.CSc1ccc(-c2ccco2)cc1.CSc1ccc(-c2cccs2)cc1.Cc1cc(C)cc(-c2ccco2)c1.Fc1cc(F)cc(-c2ccco2)c1. The smallest absolute Gasteiger partial charge is 0.134 e. The lowest BCUT2D eigenvalue weighted by molar-refractivity contribution is 0.569. The Hall–Kier alpha value is -5.75. The van der Waals surface area contributed by atoms with E-state index < -0.39 is 11.6 Å². The minimum absolute atomic E-state index is 0.405. The van der Waals surface area contributed by atoms with E-state index in [0.717, 1.165) is 28.7 Å². The Bertz CT molecular complexity index is 2710. The first-order chi connectivity index (χ1) is 39.2. The van der Waals surface area contributed by atoms with E-state index in [1.807, 2.05) is 105 Å². The highest BCUT2D eigenvalue weighted by Gasteiger charge is 2.06.